The van der Waals surface area contributed by atoms with Gasteiger partial charge < -0.3 is 9.31 Å². The smallest absolute Gasteiger partial charge is 0.399 e. The van der Waals surface area contributed by atoms with Crippen molar-refractivity contribution in [2.24, 2.45) is 0 Å². The van der Waals surface area contributed by atoms with Gasteiger partial charge in [-0.05, 0) is 47.0 Å². The molecule has 112 valence electrons. The van der Waals surface area contributed by atoms with Crippen molar-refractivity contribution in [1.82, 2.24) is 14.8 Å². The van der Waals surface area contributed by atoms with Crippen LogP contribution in [0, 0.1) is 13.7 Å². The largest absolute Gasteiger partial charge is 0.507 e. The van der Waals surface area contributed by atoms with E-state index >= 15 is 0 Å². The summed E-state index contributed by atoms with van der Waals surface area (Å²) in [5.74, 6) is 0. The van der Waals surface area contributed by atoms with Gasteiger partial charge in [0.15, 0.2) is 0 Å². The molecule has 0 saturated carbocycles. The summed E-state index contributed by atoms with van der Waals surface area (Å²) in [7, 11) is -0.996. The first-order chi connectivity index (χ1) is 13.0. The van der Waals surface area contributed by atoms with Crippen LogP contribution in [0.3, 0.4) is 0 Å². The highest BCUT2D eigenvalue weighted by atomic mass is 32.1. The van der Waals surface area contributed by atoms with Crippen LogP contribution >= 0.6 is 11.3 Å². The normalized spacial score (nSPS) is 27.0. The molecule has 0 radical (unpaired) electrons. The molecule has 3 heterocycles. The number of hydrogen-bond donors (Lipinski definition) is 0. The van der Waals surface area contributed by atoms with Crippen molar-refractivity contribution in [3.05, 3.63) is 23.6 Å². The van der Waals surface area contributed by atoms with Crippen molar-refractivity contribution < 1.29 is 20.3 Å². The second kappa shape index (κ2) is 4.66. The Morgan fingerprint density at radius 1 is 1.29 bits per heavy atom. The molecular weight excluding hydrogens is 285 g/mol. The third-order valence-corrected chi connectivity index (χ3v) is 4.82. The molecule has 0 spiro atoms. The van der Waals surface area contributed by atoms with Crippen LogP contribution in [0.5, 0.6) is 0 Å². The summed E-state index contributed by atoms with van der Waals surface area (Å²) in [5.41, 5.74) is -2.21. The molecule has 2 aromatic rings. The van der Waals surface area contributed by atoms with Gasteiger partial charge in [0.25, 0.3) is 0 Å². The van der Waals surface area contributed by atoms with Crippen LogP contribution in [0.1, 0.15) is 49.9 Å². The Hall–Kier alpha value is -1.18. The van der Waals surface area contributed by atoms with Crippen molar-refractivity contribution in [2.45, 2.75) is 52.6 Å². The molecule has 0 bridgehead atoms. The molecule has 3 rings (SSSR count). The zero-order valence-electron chi connectivity index (χ0n) is 20.1. The highest BCUT2D eigenvalue weighted by molar-refractivity contribution is 7.24. The molecule has 5 nitrogen and oxygen atoms in total. The maximum Gasteiger partial charge on any atom is 0.507 e. The fraction of sp³-hybridized carbons (Fsp3) is 0.571. The number of aryl methyl sites for hydroxylation is 1. The summed E-state index contributed by atoms with van der Waals surface area (Å²) in [6.07, 6.45) is -1.13. The maximum absolute atomic E-state index is 8.12. The van der Waals surface area contributed by atoms with Gasteiger partial charge >= 0.3 is 7.12 Å². The molecule has 0 aliphatic carbocycles. The molecule has 0 N–H and O–H groups in total. The lowest BCUT2D eigenvalue weighted by molar-refractivity contribution is 0.00578. The number of thiazole rings is 1. The minimum atomic E-state index is -2.70. The molecule has 2 aromatic heterocycles. The third-order valence-electron chi connectivity index (χ3n) is 3.77. The SMILES string of the molecule is [2H]c1nn(-c2nc(C([2H])([2H])[2H])c(B3OC(C)(C)C(C)(C)O3)s2)c([2H])c1C([2H])([2H])[2H]. The van der Waals surface area contributed by atoms with E-state index in [1.807, 2.05) is 27.7 Å². The van der Waals surface area contributed by atoms with E-state index in [4.69, 9.17) is 20.3 Å². The predicted molar refractivity (Wildman–Crippen MR) is 84.4 cm³/mol. The van der Waals surface area contributed by atoms with E-state index in [0.717, 1.165) is 16.0 Å². The third kappa shape index (κ3) is 2.43. The quantitative estimate of drug-likeness (QED) is 0.798. The van der Waals surface area contributed by atoms with Crippen molar-refractivity contribution in [2.75, 3.05) is 0 Å². The van der Waals surface area contributed by atoms with Crippen molar-refractivity contribution in [1.29, 1.82) is 0 Å². The molecule has 21 heavy (non-hydrogen) atoms. The number of nitrogens with zero attached hydrogens (tertiary/aromatic N) is 3. The standard InChI is InChI=1S/C14H20BN3O2S/c1-9-7-16-18(8-9)12-17-10(2)11(21-12)15-19-13(3,4)14(5,6)20-15/h7-8H,1-6H3/i1D3,2D3,7D,8D. The van der Waals surface area contributed by atoms with E-state index in [1.54, 1.807) is 0 Å². The van der Waals surface area contributed by atoms with Crippen molar-refractivity contribution in [3.8, 4) is 5.13 Å². The minimum Gasteiger partial charge on any atom is -0.399 e. The molecule has 0 aromatic carbocycles. The molecule has 1 aliphatic heterocycles. The van der Waals surface area contributed by atoms with Crippen LogP contribution in [-0.4, -0.2) is 33.1 Å². The molecule has 7 heteroatoms. The zero-order valence-corrected chi connectivity index (χ0v) is 13.0. The zero-order chi connectivity index (χ0) is 22.2. The lowest BCUT2D eigenvalue weighted by atomic mass is 9.86. The first kappa shape index (κ1) is 7.90. The lowest BCUT2D eigenvalue weighted by Crippen LogP contribution is -2.41. The minimum absolute atomic E-state index is 0.0464. The fourth-order valence-corrected chi connectivity index (χ4v) is 2.71. The Bertz CT molecular complexity index is 934. The van der Waals surface area contributed by atoms with Gasteiger partial charge in [0.05, 0.1) is 30.6 Å². The van der Waals surface area contributed by atoms with E-state index in [1.165, 1.54) is 0 Å². The average molecular weight is 313 g/mol. The van der Waals surface area contributed by atoms with Gasteiger partial charge in [0.1, 0.15) is 0 Å². The van der Waals surface area contributed by atoms with Gasteiger partial charge in [0.2, 0.25) is 5.13 Å². The number of aromatic nitrogens is 3. The Morgan fingerprint density at radius 2 is 2.00 bits per heavy atom. The molecule has 0 amide bonds. The number of rotatable bonds is 2. The molecule has 1 aliphatic rings. The topological polar surface area (TPSA) is 49.2 Å². The van der Waals surface area contributed by atoms with Gasteiger partial charge in [-0.25, -0.2) is 9.67 Å². The Balaban J connectivity index is 2.14. The van der Waals surface area contributed by atoms with Gasteiger partial charge in [0, 0.05) is 14.4 Å². The Labute approximate surface area is 140 Å². The summed E-state index contributed by atoms with van der Waals surface area (Å²) >= 11 is 0.877. The fourth-order valence-electron chi connectivity index (χ4n) is 1.87. The summed E-state index contributed by atoms with van der Waals surface area (Å²) in [4.78, 5) is 4.10. The van der Waals surface area contributed by atoms with Gasteiger partial charge in [-0.1, -0.05) is 0 Å². The van der Waals surface area contributed by atoms with E-state index in [0.29, 0.717) is 0 Å². The van der Waals surface area contributed by atoms with Gasteiger partial charge in [-0.2, -0.15) is 5.10 Å². The summed E-state index contributed by atoms with van der Waals surface area (Å²) in [6.45, 7) is 2.01. The molecule has 1 fully saturated rings. The molecule has 0 unspecified atom stereocenters. The van der Waals surface area contributed by atoms with Crippen LogP contribution in [-0.2, 0) is 9.31 Å². The molecular formula is C14H20BN3O2S. The summed E-state index contributed by atoms with van der Waals surface area (Å²) < 4.78 is 74.8. The lowest BCUT2D eigenvalue weighted by Gasteiger charge is -2.32. The van der Waals surface area contributed by atoms with E-state index in [9.17, 15) is 0 Å². The van der Waals surface area contributed by atoms with E-state index < -0.39 is 49.9 Å². The molecule has 1 saturated heterocycles. The van der Waals surface area contributed by atoms with Crippen LogP contribution in [0.4, 0.5) is 0 Å². The van der Waals surface area contributed by atoms with Crippen LogP contribution in [0.25, 0.3) is 5.13 Å². The first-order valence-electron chi connectivity index (χ1n) is 10.4. The second-order valence-electron chi connectivity index (χ2n) is 5.81. The van der Waals surface area contributed by atoms with E-state index in [-0.39, 0.29) is 15.6 Å². The Morgan fingerprint density at radius 3 is 2.57 bits per heavy atom. The van der Waals surface area contributed by atoms with Crippen LogP contribution in [0.2, 0.25) is 0 Å². The first-order valence-corrected chi connectivity index (χ1v) is 7.21. The number of hydrogen-bond acceptors (Lipinski definition) is 5. The Kier molecular flexibility index (Phi) is 1.75. The summed E-state index contributed by atoms with van der Waals surface area (Å²) in [5, 5.41) is 3.74. The monoisotopic (exact) mass is 313 g/mol. The predicted octanol–water partition coefficient (Wildman–Crippen LogP) is 2.24. The average Bonchev–Trinajstić information content (AvgIpc) is 3.11. The van der Waals surface area contributed by atoms with Gasteiger partial charge in [-0.3, -0.25) is 0 Å². The van der Waals surface area contributed by atoms with Crippen molar-refractivity contribution in [3.63, 3.8) is 0 Å². The van der Waals surface area contributed by atoms with Crippen LogP contribution < -0.4 is 4.78 Å². The highest BCUT2D eigenvalue weighted by Crippen LogP contribution is 2.37. The van der Waals surface area contributed by atoms with E-state index in [2.05, 4.69) is 10.1 Å². The van der Waals surface area contributed by atoms with Gasteiger partial charge in [-0.15, -0.1) is 11.3 Å². The molecule has 0 atom stereocenters. The summed E-state index contributed by atoms with van der Waals surface area (Å²) in [6, 6.07) is 0. The highest BCUT2D eigenvalue weighted by Gasteiger charge is 2.52. The van der Waals surface area contributed by atoms with Crippen molar-refractivity contribution >= 4 is 23.2 Å². The maximum atomic E-state index is 8.12. The van der Waals surface area contributed by atoms with Crippen LogP contribution in [0.15, 0.2) is 12.3 Å². The second-order valence-corrected chi connectivity index (χ2v) is 6.82.